The van der Waals surface area contributed by atoms with Crippen LogP contribution in [0.1, 0.15) is 81.8 Å². The first-order valence-electron chi connectivity index (χ1n) is 18.5. The van der Waals surface area contributed by atoms with Gasteiger partial charge >= 0.3 is 12.2 Å². The van der Waals surface area contributed by atoms with E-state index in [-0.39, 0.29) is 45.0 Å². The molecule has 4 heterocycles. The monoisotopic (exact) mass is 759 g/mol. The van der Waals surface area contributed by atoms with E-state index in [1.54, 1.807) is 6.07 Å². The van der Waals surface area contributed by atoms with Crippen molar-refractivity contribution >= 4 is 39.9 Å². The maximum Gasteiger partial charge on any atom is 0.410 e. The quantitative estimate of drug-likeness (QED) is 0.364. The molecule has 7 rings (SSSR count). The highest BCUT2D eigenvalue weighted by atomic mass is 32.2. The number of hydrogen-bond donors (Lipinski definition) is 3. The predicted octanol–water partition coefficient (Wildman–Crippen LogP) is 2.52. The fourth-order valence-corrected chi connectivity index (χ4v) is 9.04. The maximum atomic E-state index is 14.4. The summed E-state index contributed by atoms with van der Waals surface area (Å²) in [6.45, 7) is 1.05. The Balaban J connectivity index is 1.12. The zero-order chi connectivity index (χ0) is 37.3. The third kappa shape index (κ3) is 8.45. The van der Waals surface area contributed by atoms with Gasteiger partial charge in [-0.2, -0.15) is 0 Å². The summed E-state index contributed by atoms with van der Waals surface area (Å²) in [5.41, 5.74) is -0.127. The van der Waals surface area contributed by atoms with Gasteiger partial charge in [-0.3, -0.25) is 24.0 Å². The molecule has 0 unspecified atom stereocenters. The summed E-state index contributed by atoms with van der Waals surface area (Å²) in [4.78, 5) is 71.3. The number of amides is 5. The number of sulfonamides is 1. The molecule has 6 aliphatic rings. The molecule has 2 saturated carbocycles. The van der Waals surface area contributed by atoms with Crippen LogP contribution in [0.15, 0.2) is 30.4 Å². The first kappa shape index (κ1) is 37.1. The molecular formula is C36H46FN5O10S. The van der Waals surface area contributed by atoms with E-state index in [9.17, 15) is 36.8 Å². The highest BCUT2D eigenvalue weighted by Gasteiger charge is 2.62. The number of nitrogens with one attached hydrogen (secondary N) is 3. The minimum atomic E-state index is -3.92. The molecule has 5 atom stereocenters. The van der Waals surface area contributed by atoms with E-state index in [1.807, 2.05) is 12.2 Å². The zero-order valence-electron chi connectivity index (χ0n) is 29.4. The number of nitrogens with zero attached hydrogens (tertiary/aromatic N) is 2. The Labute approximate surface area is 307 Å². The van der Waals surface area contributed by atoms with Crippen LogP contribution in [0.25, 0.3) is 0 Å². The van der Waals surface area contributed by atoms with E-state index >= 15 is 0 Å². The number of allylic oxidation sites excluding steroid dienone is 1. The normalized spacial score (nSPS) is 30.1. The lowest BCUT2D eigenvalue weighted by Crippen LogP contribution is -2.58. The van der Waals surface area contributed by atoms with Gasteiger partial charge in [0.1, 0.15) is 35.6 Å². The molecule has 17 heteroatoms. The zero-order valence-corrected chi connectivity index (χ0v) is 30.2. The smallest absolute Gasteiger partial charge is 0.410 e. The molecule has 1 aromatic carbocycles. The van der Waals surface area contributed by atoms with Gasteiger partial charge in [-0.1, -0.05) is 31.1 Å². The van der Waals surface area contributed by atoms with Crippen LogP contribution in [0.4, 0.5) is 14.0 Å². The topological polar surface area (TPSA) is 190 Å². The lowest BCUT2D eigenvalue weighted by atomic mass is 10.0. The van der Waals surface area contributed by atoms with E-state index in [2.05, 4.69) is 15.4 Å². The molecule has 288 valence electrons. The predicted molar refractivity (Wildman–Crippen MR) is 185 cm³/mol. The van der Waals surface area contributed by atoms with Crippen LogP contribution >= 0.6 is 0 Å². The van der Waals surface area contributed by atoms with E-state index in [1.165, 1.54) is 21.9 Å². The molecule has 4 aliphatic heterocycles. The second kappa shape index (κ2) is 15.2. The van der Waals surface area contributed by atoms with Crippen LogP contribution in [-0.2, 0) is 51.7 Å². The first-order chi connectivity index (χ1) is 25.4. The van der Waals surface area contributed by atoms with Crippen LogP contribution in [0, 0.1) is 11.7 Å². The van der Waals surface area contributed by atoms with Crippen LogP contribution in [-0.4, -0.2) is 103 Å². The van der Waals surface area contributed by atoms with Crippen molar-refractivity contribution in [1.29, 1.82) is 0 Å². The maximum absolute atomic E-state index is 14.4. The number of ether oxygens (including phenoxy) is 3. The van der Waals surface area contributed by atoms with E-state index in [0.29, 0.717) is 57.3 Å². The largest absolute Gasteiger partial charge is 0.446 e. The molecule has 0 bridgehead atoms. The number of hydrogen-bond acceptors (Lipinski definition) is 10. The average Bonchev–Trinajstić information content (AvgIpc) is 4.01. The minimum Gasteiger partial charge on any atom is -0.446 e. The lowest BCUT2D eigenvalue weighted by Gasteiger charge is -2.30. The second-order valence-corrected chi connectivity index (χ2v) is 16.9. The van der Waals surface area contributed by atoms with Crippen LogP contribution in [0.2, 0.25) is 0 Å². The van der Waals surface area contributed by atoms with Gasteiger partial charge in [-0.25, -0.2) is 22.4 Å². The summed E-state index contributed by atoms with van der Waals surface area (Å²) in [6, 6.07) is 2.00. The third-order valence-electron chi connectivity index (χ3n) is 11.0. The molecule has 5 amide bonds. The van der Waals surface area contributed by atoms with Crippen molar-refractivity contribution in [3.05, 3.63) is 47.3 Å². The van der Waals surface area contributed by atoms with Gasteiger partial charge in [0, 0.05) is 38.3 Å². The van der Waals surface area contributed by atoms with Gasteiger partial charge in [-0.05, 0) is 61.8 Å². The summed E-state index contributed by atoms with van der Waals surface area (Å²) in [5.74, 6) is -3.02. The molecule has 4 fully saturated rings. The highest BCUT2D eigenvalue weighted by molar-refractivity contribution is 7.91. The van der Waals surface area contributed by atoms with Gasteiger partial charge in [0.05, 0.1) is 25.0 Å². The molecule has 1 aromatic rings. The Morgan fingerprint density at radius 1 is 0.962 bits per heavy atom. The number of rotatable bonds is 6. The summed E-state index contributed by atoms with van der Waals surface area (Å²) in [6.07, 6.45) is 5.94. The SMILES string of the molecule is O=C(N[C@H]1CCCCC/C=C\[C@H]2C[C@@]2(C(=O)NS(=O)(=O)C2CC2)NC(=O)[C@@H]2C[C@@H](OC(=O)N3Cc4ccc(F)cc4C3)CN2C1=O)OC1CCOCC1. The number of carbonyl (C=O) groups excluding carboxylic acids is 5. The lowest BCUT2D eigenvalue weighted by molar-refractivity contribution is -0.141. The standard InChI is InChI=1S/C36H46FN5O10S/c37-25-9-8-22-19-41(20-23(22)16-25)35(47)52-27-17-30-31(43)39-36(33(45)40-53(48,49)28-10-11-28)18-24(36)6-4-2-1-3-5-7-29(32(44)42(30)21-27)38-34(46)51-26-12-14-50-15-13-26/h4,6,8-9,16,24,26-30H,1-3,5,7,10-15,17-21H2,(H,38,46)(H,39,43)(H,40,45)/b6-4-/t24-,27+,29-,30-,36+/m0/s1. The fourth-order valence-electron chi connectivity index (χ4n) is 7.68. The van der Waals surface area contributed by atoms with Crippen molar-refractivity contribution in [2.45, 2.75) is 119 Å². The van der Waals surface area contributed by atoms with Gasteiger partial charge in [0.25, 0.3) is 5.91 Å². The van der Waals surface area contributed by atoms with Crippen molar-refractivity contribution in [2.24, 2.45) is 5.92 Å². The molecule has 0 radical (unpaired) electrons. The van der Waals surface area contributed by atoms with Gasteiger partial charge in [0.2, 0.25) is 21.8 Å². The molecule has 3 N–H and O–H groups in total. The van der Waals surface area contributed by atoms with Crippen LogP contribution in [0.3, 0.4) is 0 Å². The first-order valence-corrected chi connectivity index (χ1v) is 20.1. The van der Waals surface area contributed by atoms with Crippen molar-refractivity contribution in [3.63, 3.8) is 0 Å². The van der Waals surface area contributed by atoms with Crippen molar-refractivity contribution in [2.75, 3.05) is 19.8 Å². The molecule has 0 spiro atoms. The Morgan fingerprint density at radius 2 is 1.74 bits per heavy atom. The van der Waals surface area contributed by atoms with Gasteiger partial charge in [-0.15, -0.1) is 0 Å². The van der Waals surface area contributed by atoms with Gasteiger partial charge < -0.3 is 29.7 Å². The van der Waals surface area contributed by atoms with Crippen LogP contribution in [0.5, 0.6) is 0 Å². The summed E-state index contributed by atoms with van der Waals surface area (Å²) in [7, 11) is -3.92. The molecule has 15 nitrogen and oxygen atoms in total. The number of halogens is 1. The average molecular weight is 760 g/mol. The summed E-state index contributed by atoms with van der Waals surface area (Å²) in [5, 5.41) is 4.86. The van der Waals surface area contributed by atoms with Gasteiger partial charge in [0.15, 0.2) is 0 Å². The highest BCUT2D eigenvalue weighted by Crippen LogP contribution is 2.46. The molecular weight excluding hydrogens is 713 g/mol. The second-order valence-electron chi connectivity index (χ2n) is 14.9. The Bertz CT molecular complexity index is 1770. The third-order valence-corrected chi connectivity index (χ3v) is 12.8. The fraction of sp³-hybridized carbons (Fsp3) is 0.639. The van der Waals surface area contributed by atoms with Crippen molar-refractivity contribution in [1.82, 2.24) is 25.2 Å². The van der Waals surface area contributed by atoms with Crippen LogP contribution < -0.4 is 15.4 Å². The Hall–Kier alpha value is -4.25. The van der Waals surface area contributed by atoms with E-state index in [4.69, 9.17) is 14.2 Å². The Kier molecular flexibility index (Phi) is 10.7. The van der Waals surface area contributed by atoms with Crippen molar-refractivity contribution in [3.8, 4) is 0 Å². The number of fused-ring (bicyclic) bond motifs is 3. The molecule has 53 heavy (non-hydrogen) atoms. The molecule has 0 aromatic heterocycles. The van der Waals surface area contributed by atoms with E-state index < -0.39 is 80.6 Å². The summed E-state index contributed by atoms with van der Waals surface area (Å²) >= 11 is 0. The molecule has 2 saturated heterocycles. The number of benzene rings is 1. The molecule has 2 aliphatic carbocycles. The Morgan fingerprint density at radius 3 is 2.51 bits per heavy atom. The number of carbonyl (C=O) groups is 5. The van der Waals surface area contributed by atoms with Crippen molar-refractivity contribution < 1.29 is 51.0 Å². The van der Waals surface area contributed by atoms with E-state index in [0.717, 1.165) is 18.4 Å². The summed E-state index contributed by atoms with van der Waals surface area (Å²) < 4.78 is 58.4. The number of alkyl carbamates (subject to hydrolysis) is 1. The minimum absolute atomic E-state index is 0.115.